The second kappa shape index (κ2) is 6.77. The van der Waals surface area contributed by atoms with Crippen LogP contribution in [0.4, 0.5) is 11.4 Å². The second-order valence-corrected chi connectivity index (χ2v) is 5.72. The summed E-state index contributed by atoms with van der Waals surface area (Å²) < 4.78 is 0.973. The molecule has 0 atom stereocenters. The first-order valence-electron chi connectivity index (χ1n) is 6.10. The standard InChI is InChI=1S/C15H14BrClN2O/c1-10-5-6-11(16)7-14(10)18-9-15(20)19-13-4-2-3-12(17)8-13/h2-8,18H,9H2,1H3,(H,19,20). The third-order valence-electron chi connectivity index (χ3n) is 2.75. The number of benzene rings is 2. The van der Waals surface area contributed by atoms with E-state index in [0.29, 0.717) is 10.7 Å². The van der Waals surface area contributed by atoms with Crippen LogP contribution in [-0.2, 0) is 4.79 Å². The Bertz CT molecular complexity index is 631. The van der Waals surface area contributed by atoms with Crippen molar-refractivity contribution in [2.75, 3.05) is 17.2 Å². The molecule has 1 amide bonds. The molecule has 0 aromatic heterocycles. The summed E-state index contributed by atoms with van der Waals surface area (Å²) in [7, 11) is 0. The summed E-state index contributed by atoms with van der Waals surface area (Å²) in [5, 5.41) is 6.50. The number of nitrogens with one attached hydrogen (secondary N) is 2. The highest BCUT2D eigenvalue weighted by Crippen LogP contribution is 2.20. The first-order valence-corrected chi connectivity index (χ1v) is 7.27. The molecule has 20 heavy (non-hydrogen) atoms. The summed E-state index contributed by atoms with van der Waals surface area (Å²) in [5.41, 5.74) is 2.71. The lowest BCUT2D eigenvalue weighted by atomic mass is 10.2. The van der Waals surface area contributed by atoms with Crippen LogP contribution in [0.15, 0.2) is 46.9 Å². The van der Waals surface area contributed by atoms with Gasteiger partial charge in [0.25, 0.3) is 0 Å². The number of carbonyl (C=O) groups is 1. The molecule has 0 bridgehead atoms. The number of carbonyl (C=O) groups excluding carboxylic acids is 1. The van der Waals surface area contributed by atoms with Gasteiger partial charge in [-0.3, -0.25) is 4.79 Å². The minimum atomic E-state index is -0.119. The molecule has 0 radical (unpaired) electrons. The van der Waals surface area contributed by atoms with E-state index in [0.717, 1.165) is 15.7 Å². The lowest BCUT2D eigenvalue weighted by Crippen LogP contribution is -2.22. The Kier molecular flexibility index (Phi) is 5.04. The van der Waals surface area contributed by atoms with Crippen LogP contribution >= 0.6 is 27.5 Å². The highest BCUT2D eigenvalue weighted by atomic mass is 79.9. The molecular weight excluding hydrogens is 340 g/mol. The summed E-state index contributed by atoms with van der Waals surface area (Å²) in [6.45, 7) is 2.19. The molecule has 2 rings (SSSR count). The summed E-state index contributed by atoms with van der Waals surface area (Å²) in [5.74, 6) is -0.119. The highest BCUT2D eigenvalue weighted by molar-refractivity contribution is 9.10. The maximum absolute atomic E-state index is 11.9. The smallest absolute Gasteiger partial charge is 0.243 e. The van der Waals surface area contributed by atoms with Gasteiger partial charge in [0.15, 0.2) is 0 Å². The number of hydrogen-bond donors (Lipinski definition) is 2. The van der Waals surface area contributed by atoms with E-state index in [1.165, 1.54) is 0 Å². The summed E-state index contributed by atoms with van der Waals surface area (Å²) in [4.78, 5) is 11.9. The predicted octanol–water partition coefficient (Wildman–Crippen LogP) is 4.46. The molecule has 0 heterocycles. The molecule has 0 aliphatic carbocycles. The number of rotatable bonds is 4. The van der Waals surface area contributed by atoms with Crippen molar-refractivity contribution in [3.05, 3.63) is 57.5 Å². The first-order chi connectivity index (χ1) is 9.54. The fraction of sp³-hybridized carbons (Fsp3) is 0.133. The SMILES string of the molecule is Cc1ccc(Br)cc1NCC(=O)Nc1cccc(Cl)c1. The summed E-state index contributed by atoms with van der Waals surface area (Å²) in [6, 6.07) is 13.0. The number of halogens is 2. The molecule has 0 saturated heterocycles. The average molecular weight is 354 g/mol. The van der Waals surface area contributed by atoms with E-state index in [1.807, 2.05) is 25.1 Å². The van der Waals surface area contributed by atoms with Gasteiger partial charge in [-0.25, -0.2) is 0 Å². The monoisotopic (exact) mass is 352 g/mol. The fourth-order valence-corrected chi connectivity index (χ4v) is 2.28. The summed E-state index contributed by atoms with van der Waals surface area (Å²) in [6.07, 6.45) is 0. The molecule has 0 aliphatic heterocycles. The van der Waals surface area contributed by atoms with Gasteiger partial charge >= 0.3 is 0 Å². The molecule has 2 aromatic rings. The van der Waals surface area contributed by atoms with Crippen LogP contribution < -0.4 is 10.6 Å². The van der Waals surface area contributed by atoms with E-state index >= 15 is 0 Å². The zero-order valence-corrected chi connectivity index (χ0v) is 13.3. The molecule has 104 valence electrons. The topological polar surface area (TPSA) is 41.1 Å². The number of anilines is 2. The molecule has 0 fully saturated rings. The lowest BCUT2D eigenvalue weighted by Gasteiger charge is -2.10. The van der Waals surface area contributed by atoms with Crippen LogP contribution in [0, 0.1) is 6.92 Å². The molecule has 3 nitrogen and oxygen atoms in total. The highest BCUT2D eigenvalue weighted by Gasteiger charge is 2.04. The fourth-order valence-electron chi connectivity index (χ4n) is 1.73. The molecule has 0 saturated carbocycles. The molecule has 2 N–H and O–H groups in total. The van der Waals surface area contributed by atoms with Crippen LogP contribution in [0.2, 0.25) is 5.02 Å². The zero-order chi connectivity index (χ0) is 14.5. The quantitative estimate of drug-likeness (QED) is 0.852. The average Bonchev–Trinajstić information content (AvgIpc) is 2.40. The van der Waals surface area contributed by atoms with Crippen molar-refractivity contribution in [3.8, 4) is 0 Å². The van der Waals surface area contributed by atoms with Gasteiger partial charge in [-0.2, -0.15) is 0 Å². The molecular formula is C15H14BrClN2O. The number of amides is 1. The van der Waals surface area contributed by atoms with Crippen molar-refractivity contribution in [3.63, 3.8) is 0 Å². The van der Waals surface area contributed by atoms with Crippen LogP contribution in [-0.4, -0.2) is 12.5 Å². The Morgan fingerprint density at radius 2 is 2.05 bits per heavy atom. The van der Waals surface area contributed by atoms with E-state index in [2.05, 4.69) is 26.6 Å². The maximum Gasteiger partial charge on any atom is 0.243 e. The molecule has 0 aliphatic rings. The molecule has 0 unspecified atom stereocenters. The largest absolute Gasteiger partial charge is 0.376 e. The van der Waals surface area contributed by atoms with Gasteiger partial charge in [0.2, 0.25) is 5.91 Å². The Morgan fingerprint density at radius 3 is 2.80 bits per heavy atom. The van der Waals surface area contributed by atoms with Crippen molar-refractivity contribution in [2.45, 2.75) is 6.92 Å². The van der Waals surface area contributed by atoms with Gasteiger partial charge in [-0.15, -0.1) is 0 Å². The van der Waals surface area contributed by atoms with Crippen LogP contribution in [0.25, 0.3) is 0 Å². The lowest BCUT2D eigenvalue weighted by molar-refractivity contribution is -0.114. The second-order valence-electron chi connectivity index (χ2n) is 4.37. The maximum atomic E-state index is 11.9. The number of aryl methyl sites for hydroxylation is 1. The third kappa shape index (κ3) is 4.25. The van der Waals surface area contributed by atoms with Gasteiger partial charge in [-0.05, 0) is 42.8 Å². The Hall–Kier alpha value is -1.52. The minimum Gasteiger partial charge on any atom is -0.376 e. The van der Waals surface area contributed by atoms with Gasteiger partial charge in [0.1, 0.15) is 0 Å². The summed E-state index contributed by atoms with van der Waals surface area (Å²) >= 11 is 9.28. The minimum absolute atomic E-state index is 0.119. The van der Waals surface area contributed by atoms with Crippen molar-refractivity contribution in [1.29, 1.82) is 0 Å². The Morgan fingerprint density at radius 1 is 1.25 bits per heavy atom. The van der Waals surface area contributed by atoms with Crippen molar-refractivity contribution in [2.24, 2.45) is 0 Å². The van der Waals surface area contributed by atoms with Crippen molar-refractivity contribution >= 4 is 44.8 Å². The van der Waals surface area contributed by atoms with E-state index in [4.69, 9.17) is 11.6 Å². The van der Waals surface area contributed by atoms with E-state index < -0.39 is 0 Å². The van der Waals surface area contributed by atoms with E-state index in [-0.39, 0.29) is 12.5 Å². The van der Waals surface area contributed by atoms with Crippen LogP contribution in [0.1, 0.15) is 5.56 Å². The molecule has 2 aromatic carbocycles. The van der Waals surface area contributed by atoms with Crippen molar-refractivity contribution < 1.29 is 4.79 Å². The van der Waals surface area contributed by atoms with E-state index in [9.17, 15) is 4.79 Å². The van der Waals surface area contributed by atoms with Gasteiger partial charge in [0.05, 0.1) is 6.54 Å². The normalized spacial score (nSPS) is 10.2. The van der Waals surface area contributed by atoms with Crippen molar-refractivity contribution in [1.82, 2.24) is 0 Å². The number of hydrogen-bond acceptors (Lipinski definition) is 2. The van der Waals surface area contributed by atoms with Crippen LogP contribution in [0.5, 0.6) is 0 Å². The molecule has 0 spiro atoms. The van der Waals surface area contributed by atoms with Crippen LogP contribution in [0.3, 0.4) is 0 Å². The Labute approximate surface area is 131 Å². The van der Waals surface area contributed by atoms with Gasteiger partial charge in [0, 0.05) is 20.9 Å². The predicted molar refractivity (Wildman–Crippen MR) is 87.5 cm³/mol. The van der Waals surface area contributed by atoms with E-state index in [1.54, 1.807) is 24.3 Å². The molecule has 5 heteroatoms. The van der Waals surface area contributed by atoms with Gasteiger partial charge in [-0.1, -0.05) is 39.7 Å². The first kappa shape index (κ1) is 14.9. The van der Waals surface area contributed by atoms with Gasteiger partial charge < -0.3 is 10.6 Å². The zero-order valence-electron chi connectivity index (χ0n) is 10.9. The Balaban J connectivity index is 1.94. The third-order valence-corrected chi connectivity index (χ3v) is 3.48.